The zero-order chi connectivity index (χ0) is 36.8. The first-order valence-electron chi connectivity index (χ1n) is 17.9. The minimum absolute atomic E-state index is 0.108. The standard InChI is InChI=1S/C35H51N9O7/c1-23(36-2)31(46)38-26-13-6-8-18-37-30(45)17-16-25-22-43(42-41-25)19-9-7-14-27(35(50)51)39-32(47)28(21-24-11-4-3-5-12-24)40-33(48)29-15-10-20-44(29)34(26)49/h3-5,11-12,22-23,26-29,36H,6-10,13-21H2,1-2H3,(H,37,45)(H,38,46)(H,39,47)(H,40,48)(H,50,51)/t23-,26-,27-,28-,29-/m0/s1. The van der Waals surface area contributed by atoms with Gasteiger partial charge in [-0.3, -0.25) is 28.7 Å². The van der Waals surface area contributed by atoms with Crippen molar-refractivity contribution in [2.24, 2.45) is 0 Å². The number of aryl methyl sites for hydroxylation is 2. The lowest BCUT2D eigenvalue weighted by Gasteiger charge is -2.30. The van der Waals surface area contributed by atoms with Crippen LogP contribution in [0.1, 0.15) is 76.0 Å². The lowest BCUT2D eigenvalue weighted by atomic mass is 10.0. The summed E-state index contributed by atoms with van der Waals surface area (Å²) in [5.41, 5.74) is 1.42. The van der Waals surface area contributed by atoms with Crippen LogP contribution in [0.2, 0.25) is 0 Å². The summed E-state index contributed by atoms with van der Waals surface area (Å²) in [6.45, 7) is 2.85. The van der Waals surface area contributed by atoms with Gasteiger partial charge in [0.25, 0.3) is 0 Å². The SMILES string of the molecule is CN[C@@H](C)C(=O)N[C@H]1CCCCNC(=O)CCc2cn(nn2)CCCC[C@@H](C(=O)O)NC(=O)[C@H](Cc2ccccc2)NC(=O)[C@@H]2CCCN2C1=O. The van der Waals surface area contributed by atoms with Gasteiger partial charge in [-0.2, -0.15) is 0 Å². The van der Waals surface area contributed by atoms with Gasteiger partial charge >= 0.3 is 5.97 Å². The van der Waals surface area contributed by atoms with Crippen LogP contribution in [-0.4, -0.2) is 111 Å². The van der Waals surface area contributed by atoms with E-state index < -0.39 is 53.9 Å². The first-order valence-corrected chi connectivity index (χ1v) is 17.9. The Morgan fingerprint density at radius 1 is 0.941 bits per heavy atom. The number of amides is 5. The van der Waals surface area contributed by atoms with Crippen molar-refractivity contribution in [3.05, 3.63) is 47.8 Å². The van der Waals surface area contributed by atoms with E-state index in [9.17, 15) is 33.9 Å². The van der Waals surface area contributed by atoms with E-state index in [1.54, 1.807) is 24.9 Å². The van der Waals surface area contributed by atoms with Crippen LogP contribution in [0.25, 0.3) is 0 Å². The van der Waals surface area contributed by atoms with Crippen molar-refractivity contribution < 1.29 is 33.9 Å². The minimum Gasteiger partial charge on any atom is -0.480 e. The first-order chi connectivity index (χ1) is 24.5. The average molecular weight is 710 g/mol. The third-order valence-electron chi connectivity index (χ3n) is 9.38. The summed E-state index contributed by atoms with van der Waals surface area (Å²) in [5, 5.41) is 32.2. The van der Waals surface area contributed by atoms with E-state index in [-0.39, 0.29) is 31.1 Å². The van der Waals surface area contributed by atoms with Gasteiger partial charge in [-0.1, -0.05) is 35.5 Å². The molecule has 6 N–H and O–H groups in total. The van der Waals surface area contributed by atoms with E-state index in [0.29, 0.717) is 76.7 Å². The summed E-state index contributed by atoms with van der Waals surface area (Å²) in [6.07, 6.45) is 5.98. The molecule has 278 valence electrons. The summed E-state index contributed by atoms with van der Waals surface area (Å²) < 4.78 is 1.65. The smallest absolute Gasteiger partial charge is 0.326 e. The second-order valence-electron chi connectivity index (χ2n) is 13.2. The maximum Gasteiger partial charge on any atom is 0.326 e. The molecular weight excluding hydrogens is 658 g/mol. The number of benzene rings is 1. The molecule has 0 radical (unpaired) electrons. The number of rotatable bonds is 6. The van der Waals surface area contributed by atoms with Gasteiger partial charge < -0.3 is 36.6 Å². The van der Waals surface area contributed by atoms with Crippen LogP contribution in [0, 0.1) is 0 Å². The molecule has 0 saturated carbocycles. The molecule has 3 heterocycles. The molecule has 51 heavy (non-hydrogen) atoms. The van der Waals surface area contributed by atoms with Crippen LogP contribution >= 0.6 is 0 Å². The molecule has 1 saturated heterocycles. The molecule has 0 unspecified atom stereocenters. The number of carbonyl (C=O) groups excluding carboxylic acids is 5. The second-order valence-corrected chi connectivity index (χ2v) is 13.2. The summed E-state index contributed by atoms with van der Waals surface area (Å²) in [6, 6.07) is 4.42. The number of hydrogen-bond acceptors (Lipinski definition) is 9. The Hall–Kier alpha value is -4.86. The predicted molar refractivity (Wildman–Crippen MR) is 186 cm³/mol. The number of hydrogen-bond donors (Lipinski definition) is 6. The fourth-order valence-corrected chi connectivity index (χ4v) is 6.26. The lowest BCUT2D eigenvalue weighted by molar-refractivity contribution is -0.143. The second kappa shape index (κ2) is 19.5. The minimum atomic E-state index is -1.19. The molecule has 2 aliphatic heterocycles. The number of carbonyl (C=O) groups is 6. The molecule has 1 aromatic carbocycles. The van der Waals surface area contributed by atoms with E-state index in [0.717, 1.165) is 5.56 Å². The van der Waals surface area contributed by atoms with Crippen LogP contribution < -0.4 is 26.6 Å². The van der Waals surface area contributed by atoms with Crippen LogP contribution in [0.15, 0.2) is 36.5 Å². The molecule has 1 aromatic heterocycles. The summed E-state index contributed by atoms with van der Waals surface area (Å²) in [7, 11) is 1.64. The molecule has 5 atom stereocenters. The third-order valence-corrected chi connectivity index (χ3v) is 9.38. The Labute approximate surface area is 297 Å². The molecule has 2 aliphatic rings. The van der Waals surface area contributed by atoms with Crippen molar-refractivity contribution in [2.45, 2.75) is 114 Å². The largest absolute Gasteiger partial charge is 0.480 e. The van der Waals surface area contributed by atoms with Gasteiger partial charge in [0.2, 0.25) is 29.5 Å². The highest BCUT2D eigenvalue weighted by Gasteiger charge is 2.39. The normalized spacial score (nSPS) is 24.2. The van der Waals surface area contributed by atoms with Gasteiger partial charge in [0.15, 0.2) is 0 Å². The van der Waals surface area contributed by atoms with Gasteiger partial charge in [0.1, 0.15) is 24.2 Å². The molecule has 2 bridgehead atoms. The Bertz CT molecular complexity index is 1500. The number of nitrogens with zero attached hydrogens (tertiary/aromatic N) is 4. The highest BCUT2D eigenvalue weighted by atomic mass is 16.4. The summed E-state index contributed by atoms with van der Waals surface area (Å²) >= 11 is 0. The van der Waals surface area contributed by atoms with Crippen LogP contribution in [0.4, 0.5) is 0 Å². The van der Waals surface area contributed by atoms with Crippen molar-refractivity contribution in [3.63, 3.8) is 0 Å². The van der Waals surface area contributed by atoms with E-state index in [1.807, 2.05) is 30.3 Å². The van der Waals surface area contributed by atoms with E-state index >= 15 is 0 Å². The molecule has 5 amide bonds. The summed E-state index contributed by atoms with van der Waals surface area (Å²) in [5.74, 6) is -3.27. The van der Waals surface area contributed by atoms with E-state index in [1.165, 1.54) is 4.90 Å². The lowest BCUT2D eigenvalue weighted by Crippen LogP contribution is -2.58. The highest BCUT2D eigenvalue weighted by molar-refractivity contribution is 5.95. The number of fused-ring (bicyclic) bond motifs is 3. The van der Waals surface area contributed by atoms with Gasteiger partial charge in [-0.15, -0.1) is 5.10 Å². The predicted octanol–water partition coefficient (Wildman–Crippen LogP) is 0.0617. The van der Waals surface area contributed by atoms with E-state index in [2.05, 4.69) is 36.9 Å². The Kier molecular flexibility index (Phi) is 14.9. The quantitative estimate of drug-likeness (QED) is 0.237. The van der Waals surface area contributed by atoms with E-state index in [4.69, 9.17) is 0 Å². The highest BCUT2D eigenvalue weighted by Crippen LogP contribution is 2.21. The molecular formula is C35H51N9O7. The topological polar surface area (TPSA) is 217 Å². The molecule has 2 aromatic rings. The fraction of sp³-hybridized carbons (Fsp3) is 0.600. The molecule has 1 fully saturated rings. The Balaban J connectivity index is 1.56. The Morgan fingerprint density at radius 2 is 1.71 bits per heavy atom. The zero-order valence-electron chi connectivity index (χ0n) is 29.4. The zero-order valence-corrected chi connectivity index (χ0v) is 29.4. The molecule has 16 nitrogen and oxygen atoms in total. The van der Waals surface area contributed by atoms with Crippen LogP contribution in [0.5, 0.6) is 0 Å². The fourth-order valence-electron chi connectivity index (χ4n) is 6.26. The molecule has 16 heteroatoms. The van der Waals surface area contributed by atoms with Crippen molar-refractivity contribution in [1.29, 1.82) is 0 Å². The number of nitrogens with one attached hydrogen (secondary N) is 5. The van der Waals surface area contributed by atoms with Gasteiger partial charge in [0.05, 0.1) is 11.7 Å². The number of likely N-dealkylation sites (N-methyl/N-ethyl adjacent to an activating group) is 1. The molecule has 4 rings (SSSR count). The van der Waals surface area contributed by atoms with Crippen molar-refractivity contribution in [2.75, 3.05) is 20.1 Å². The van der Waals surface area contributed by atoms with Crippen molar-refractivity contribution in [3.8, 4) is 0 Å². The summed E-state index contributed by atoms with van der Waals surface area (Å²) in [4.78, 5) is 80.6. The van der Waals surface area contributed by atoms with Crippen molar-refractivity contribution >= 4 is 35.5 Å². The Morgan fingerprint density at radius 3 is 2.45 bits per heavy atom. The third kappa shape index (κ3) is 11.9. The van der Waals surface area contributed by atoms with Crippen molar-refractivity contribution in [1.82, 2.24) is 46.5 Å². The van der Waals surface area contributed by atoms with Gasteiger partial charge in [-0.05, 0) is 70.9 Å². The molecule has 0 spiro atoms. The van der Waals surface area contributed by atoms with Crippen LogP contribution in [-0.2, 0) is 48.2 Å². The van der Waals surface area contributed by atoms with Gasteiger partial charge in [-0.25, -0.2) is 4.79 Å². The maximum atomic E-state index is 14.0. The number of carboxylic acid groups (broad SMARTS) is 1. The number of carboxylic acids is 1. The first kappa shape index (κ1) is 38.9. The monoisotopic (exact) mass is 709 g/mol. The van der Waals surface area contributed by atoms with Crippen LogP contribution in [0.3, 0.4) is 0 Å². The maximum absolute atomic E-state index is 14.0. The number of aromatic nitrogens is 3. The molecule has 0 aliphatic carbocycles. The average Bonchev–Trinajstić information content (AvgIpc) is 3.80. The number of aliphatic carboxylic acids is 1. The van der Waals surface area contributed by atoms with Gasteiger partial charge in [0, 0.05) is 45.1 Å².